The van der Waals surface area contributed by atoms with Gasteiger partial charge in [-0.15, -0.1) is 8.78 Å². The fraction of sp³-hybridized carbons (Fsp3) is 0.500. The van der Waals surface area contributed by atoms with Crippen LogP contribution >= 0.6 is 11.6 Å². The van der Waals surface area contributed by atoms with Crippen LogP contribution in [-0.2, 0) is 14.3 Å². The Bertz CT molecular complexity index is 1290. The van der Waals surface area contributed by atoms with Crippen molar-refractivity contribution in [3.63, 3.8) is 0 Å². The second-order valence-corrected chi connectivity index (χ2v) is 11.6. The van der Waals surface area contributed by atoms with Gasteiger partial charge in [-0.3, -0.25) is 9.59 Å². The molecule has 1 aliphatic heterocycles. The van der Waals surface area contributed by atoms with E-state index in [1.54, 1.807) is 32.9 Å². The van der Waals surface area contributed by atoms with E-state index in [-0.39, 0.29) is 40.3 Å². The first-order valence-corrected chi connectivity index (χ1v) is 13.1. The van der Waals surface area contributed by atoms with Crippen molar-refractivity contribution in [3.8, 4) is 11.5 Å². The first kappa shape index (κ1) is 29.9. The average Bonchev–Trinajstić information content (AvgIpc) is 3.59. The van der Waals surface area contributed by atoms with E-state index >= 15 is 0 Å². The number of ether oxygens (including phenoxy) is 3. The summed E-state index contributed by atoms with van der Waals surface area (Å²) in [5.41, 5.74) is -0.126. The highest BCUT2D eigenvalue weighted by Gasteiger charge is 2.47. The summed E-state index contributed by atoms with van der Waals surface area (Å²) < 4.78 is 82.6. The fourth-order valence-electron chi connectivity index (χ4n) is 4.71. The van der Waals surface area contributed by atoms with Crippen LogP contribution in [0.5, 0.6) is 11.5 Å². The number of carbonyl (C=O) groups is 2. The van der Waals surface area contributed by atoms with Crippen LogP contribution in [0, 0.1) is 11.8 Å². The molecule has 1 heterocycles. The monoisotopic (exact) mass is 589 g/mol. The maximum absolute atomic E-state index is 13.8. The van der Waals surface area contributed by atoms with E-state index in [0.29, 0.717) is 5.56 Å². The molecule has 0 aromatic heterocycles. The van der Waals surface area contributed by atoms with E-state index in [2.05, 4.69) is 14.8 Å². The normalized spacial score (nSPS) is 18.6. The van der Waals surface area contributed by atoms with Crippen molar-refractivity contribution in [2.75, 3.05) is 5.32 Å². The van der Waals surface area contributed by atoms with Crippen molar-refractivity contribution in [2.45, 2.75) is 76.9 Å². The fourth-order valence-corrected chi connectivity index (χ4v) is 4.88. The summed E-state index contributed by atoms with van der Waals surface area (Å²) >= 11 is 6.31. The van der Waals surface area contributed by atoms with Gasteiger partial charge in [0.15, 0.2) is 11.5 Å². The molecule has 6 nitrogen and oxygen atoms in total. The van der Waals surface area contributed by atoms with Crippen molar-refractivity contribution >= 4 is 29.2 Å². The molecule has 2 aliphatic rings. The van der Waals surface area contributed by atoms with Gasteiger partial charge in [0.25, 0.3) is 0 Å². The number of carbonyl (C=O) groups excluding carboxylic acids is 2. The smallest absolute Gasteiger partial charge is 0.460 e. The molecule has 40 heavy (non-hydrogen) atoms. The predicted octanol–water partition coefficient (Wildman–Crippen LogP) is 7.81. The van der Waals surface area contributed by atoms with E-state index in [1.165, 1.54) is 6.07 Å². The number of hydrogen-bond acceptors (Lipinski definition) is 5. The van der Waals surface area contributed by atoms with Crippen LogP contribution in [0.3, 0.4) is 0 Å². The molecular weight excluding hydrogens is 561 g/mol. The standard InChI is InChI=1S/C28H29ClF5NO5/c1-14(27(30,31)32)24(17-8-10-21-22(12-17)39-28(33,34)38-21)25(37)35-20-11-16(7-9-19(20)29)18(15-5-6-15)13-23(36)40-26(2,3)4/h7-12,14-15,18,24H,5-6,13H2,1-4H3,(H,35,37)/t14-,18+,24?/m1/s1. The first-order chi connectivity index (χ1) is 18.4. The highest BCUT2D eigenvalue weighted by atomic mass is 35.5. The third-order valence-electron chi connectivity index (χ3n) is 6.76. The molecule has 0 bridgehead atoms. The molecule has 218 valence electrons. The minimum atomic E-state index is -4.79. The first-order valence-electron chi connectivity index (χ1n) is 12.7. The Balaban J connectivity index is 1.62. The minimum Gasteiger partial charge on any atom is -0.460 e. The SMILES string of the molecule is C[C@H](C(C(=O)Nc1cc([C@@H](CC(=O)OC(C)(C)C)C2CC2)ccc1Cl)c1ccc2c(c1)OC(F)(F)O2)C(F)(F)F. The maximum Gasteiger partial charge on any atom is 0.586 e. The van der Waals surface area contributed by atoms with E-state index in [0.717, 1.165) is 38.0 Å². The highest BCUT2D eigenvalue weighted by Crippen LogP contribution is 2.47. The zero-order chi connectivity index (χ0) is 29.6. The topological polar surface area (TPSA) is 73.9 Å². The lowest BCUT2D eigenvalue weighted by molar-refractivity contribution is -0.286. The quantitative estimate of drug-likeness (QED) is 0.251. The lowest BCUT2D eigenvalue weighted by Crippen LogP contribution is -2.34. The molecule has 12 heteroatoms. The Morgan fingerprint density at radius 1 is 1.05 bits per heavy atom. The Labute approximate surface area is 233 Å². The molecular formula is C28H29ClF5NO5. The van der Waals surface area contributed by atoms with Crippen LogP contribution in [0.2, 0.25) is 5.02 Å². The van der Waals surface area contributed by atoms with E-state index < -0.39 is 47.5 Å². The second-order valence-electron chi connectivity index (χ2n) is 11.1. The van der Waals surface area contributed by atoms with E-state index in [1.807, 2.05) is 0 Å². The van der Waals surface area contributed by atoms with Gasteiger partial charge in [0.1, 0.15) is 5.60 Å². The molecule has 2 aromatic carbocycles. The summed E-state index contributed by atoms with van der Waals surface area (Å²) in [6.07, 6.45) is -6.89. The van der Waals surface area contributed by atoms with Gasteiger partial charge >= 0.3 is 18.4 Å². The number of anilines is 1. The molecule has 1 saturated carbocycles. The molecule has 0 spiro atoms. The van der Waals surface area contributed by atoms with Gasteiger partial charge in [-0.05, 0) is 80.8 Å². The lowest BCUT2D eigenvalue weighted by Gasteiger charge is -2.26. The number of nitrogens with one attached hydrogen (secondary N) is 1. The largest absolute Gasteiger partial charge is 0.586 e. The number of alkyl halides is 5. The molecule has 3 atom stereocenters. The van der Waals surface area contributed by atoms with Gasteiger partial charge in [-0.2, -0.15) is 13.2 Å². The van der Waals surface area contributed by atoms with Crippen LogP contribution in [-0.4, -0.2) is 29.9 Å². The molecule has 2 aromatic rings. The van der Waals surface area contributed by atoms with Crippen molar-refractivity contribution in [2.24, 2.45) is 11.8 Å². The zero-order valence-electron chi connectivity index (χ0n) is 22.2. The zero-order valence-corrected chi connectivity index (χ0v) is 23.0. The maximum atomic E-state index is 13.8. The van der Waals surface area contributed by atoms with E-state index in [4.69, 9.17) is 16.3 Å². The molecule has 1 fully saturated rings. The molecule has 4 rings (SSSR count). The Morgan fingerprint density at radius 2 is 1.68 bits per heavy atom. The van der Waals surface area contributed by atoms with Gasteiger partial charge in [-0.1, -0.05) is 30.7 Å². The Morgan fingerprint density at radius 3 is 2.27 bits per heavy atom. The number of benzene rings is 2. The Kier molecular flexibility index (Phi) is 8.01. The molecule has 1 unspecified atom stereocenters. The number of hydrogen-bond donors (Lipinski definition) is 1. The molecule has 0 saturated heterocycles. The van der Waals surface area contributed by atoms with Gasteiger partial charge in [0.2, 0.25) is 5.91 Å². The molecule has 0 radical (unpaired) electrons. The second kappa shape index (κ2) is 10.7. The van der Waals surface area contributed by atoms with Crippen LogP contribution in [0.1, 0.15) is 69.9 Å². The number of esters is 1. The van der Waals surface area contributed by atoms with Crippen LogP contribution in [0.4, 0.5) is 27.6 Å². The Hall–Kier alpha value is -3.08. The van der Waals surface area contributed by atoms with Crippen molar-refractivity contribution in [1.29, 1.82) is 0 Å². The average molecular weight is 590 g/mol. The third kappa shape index (κ3) is 7.16. The van der Waals surface area contributed by atoms with Crippen molar-refractivity contribution in [3.05, 3.63) is 52.5 Å². The number of halogens is 6. The summed E-state index contributed by atoms with van der Waals surface area (Å²) in [5, 5.41) is 2.56. The number of rotatable bonds is 8. The van der Waals surface area contributed by atoms with E-state index in [9.17, 15) is 31.5 Å². The van der Waals surface area contributed by atoms with Gasteiger partial charge in [0.05, 0.1) is 29.0 Å². The summed E-state index contributed by atoms with van der Waals surface area (Å²) in [5.74, 6) is -6.33. The summed E-state index contributed by atoms with van der Waals surface area (Å²) in [7, 11) is 0. The highest BCUT2D eigenvalue weighted by molar-refractivity contribution is 6.33. The minimum absolute atomic E-state index is 0.0608. The predicted molar refractivity (Wildman–Crippen MR) is 137 cm³/mol. The van der Waals surface area contributed by atoms with Gasteiger partial charge in [-0.25, -0.2) is 0 Å². The van der Waals surface area contributed by atoms with Crippen LogP contribution in [0.25, 0.3) is 0 Å². The third-order valence-corrected chi connectivity index (χ3v) is 7.09. The number of amides is 1. The van der Waals surface area contributed by atoms with Crippen LogP contribution < -0.4 is 14.8 Å². The number of fused-ring (bicyclic) bond motifs is 1. The van der Waals surface area contributed by atoms with Gasteiger partial charge < -0.3 is 19.5 Å². The summed E-state index contributed by atoms with van der Waals surface area (Å²) in [6, 6.07) is 7.83. The van der Waals surface area contributed by atoms with Crippen molar-refractivity contribution < 1.29 is 45.8 Å². The van der Waals surface area contributed by atoms with Crippen LogP contribution in [0.15, 0.2) is 36.4 Å². The summed E-state index contributed by atoms with van der Waals surface area (Å²) in [4.78, 5) is 25.9. The molecule has 1 N–H and O–H groups in total. The van der Waals surface area contributed by atoms with Crippen molar-refractivity contribution in [1.82, 2.24) is 0 Å². The summed E-state index contributed by atoms with van der Waals surface area (Å²) in [6.45, 7) is 6.11. The lowest BCUT2D eigenvalue weighted by atomic mass is 9.85. The molecule has 1 aliphatic carbocycles. The molecule has 1 amide bonds. The van der Waals surface area contributed by atoms with Gasteiger partial charge in [0, 0.05) is 0 Å².